The molecule has 12 heteroatoms. The van der Waals surface area contributed by atoms with E-state index in [1.807, 2.05) is 36.4 Å². The molecule has 2 N–H and O–H groups in total. The monoisotopic (exact) mass is 561 g/mol. The molecule has 6 aromatic rings. The van der Waals surface area contributed by atoms with E-state index >= 15 is 0 Å². The second-order valence-electron chi connectivity index (χ2n) is 9.31. The fourth-order valence-corrected chi connectivity index (χ4v) is 4.72. The van der Waals surface area contributed by atoms with Gasteiger partial charge < -0.3 is 10.2 Å². The molecule has 0 spiro atoms. The standard InChI is InChI=1S/C30H23N7O5/c1-35(42-2)29(39)18-13-14-28(38)27(15-18)37-17-25(32-34-37)21-8-4-3-7-20(21)24-16-36(33-31-24)26-12-6-9-19-22(26)10-5-11-23(19)30(40)41/h3-17,38H,1-2H3,(H,40,41). The van der Waals surface area contributed by atoms with E-state index in [1.54, 1.807) is 41.3 Å². The number of aromatic carboxylic acids is 1. The average molecular weight is 562 g/mol. The van der Waals surface area contributed by atoms with Crippen LogP contribution in [0.3, 0.4) is 0 Å². The summed E-state index contributed by atoms with van der Waals surface area (Å²) in [5.74, 6) is -1.48. The summed E-state index contributed by atoms with van der Waals surface area (Å²) in [6.07, 6.45) is 3.41. The smallest absolute Gasteiger partial charge is 0.336 e. The number of carbonyl (C=O) groups excluding carboxylic acids is 1. The Morgan fingerprint density at radius 1 is 0.786 bits per heavy atom. The van der Waals surface area contributed by atoms with E-state index in [0.29, 0.717) is 33.6 Å². The summed E-state index contributed by atoms with van der Waals surface area (Å²) in [7, 11) is 2.87. The van der Waals surface area contributed by atoms with Crippen LogP contribution in [0.5, 0.6) is 5.75 Å². The van der Waals surface area contributed by atoms with Gasteiger partial charge in [-0.25, -0.2) is 19.2 Å². The van der Waals surface area contributed by atoms with Gasteiger partial charge in [-0.05, 0) is 35.7 Å². The van der Waals surface area contributed by atoms with Crippen molar-refractivity contribution in [3.8, 4) is 39.6 Å². The first-order chi connectivity index (χ1) is 20.4. The molecule has 12 nitrogen and oxygen atoms in total. The van der Waals surface area contributed by atoms with Crippen LogP contribution in [0.1, 0.15) is 20.7 Å². The van der Waals surface area contributed by atoms with Gasteiger partial charge in [-0.15, -0.1) is 10.2 Å². The molecule has 208 valence electrons. The number of amides is 1. The number of nitrogens with zero attached hydrogens (tertiary/aromatic N) is 7. The lowest BCUT2D eigenvalue weighted by Crippen LogP contribution is -2.25. The molecule has 0 fully saturated rings. The van der Waals surface area contributed by atoms with Gasteiger partial charge in [0.1, 0.15) is 22.8 Å². The van der Waals surface area contributed by atoms with Gasteiger partial charge in [0.15, 0.2) is 0 Å². The maximum atomic E-state index is 12.6. The van der Waals surface area contributed by atoms with Gasteiger partial charge in [0.05, 0.1) is 30.8 Å². The number of hydrogen-bond acceptors (Lipinski definition) is 8. The number of phenols is 1. The summed E-state index contributed by atoms with van der Waals surface area (Å²) >= 11 is 0. The molecule has 0 unspecified atom stereocenters. The van der Waals surface area contributed by atoms with Crippen LogP contribution < -0.4 is 0 Å². The fraction of sp³-hybridized carbons (Fsp3) is 0.0667. The highest BCUT2D eigenvalue weighted by Crippen LogP contribution is 2.32. The zero-order valence-corrected chi connectivity index (χ0v) is 22.4. The number of aromatic nitrogens is 6. The number of rotatable bonds is 7. The van der Waals surface area contributed by atoms with E-state index < -0.39 is 11.9 Å². The van der Waals surface area contributed by atoms with Crippen molar-refractivity contribution in [2.75, 3.05) is 14.2 Å². The van der Waals surface area contributed by atoms with Crippen LogP contribution in [-0.4, -0.2) is 71.3 Å². The minimum atomic E-state index is -1.01. The molecule has 0 saturated heterocycles. The second kappa shape index (κ2) is 10.6. The first kappa shape index (κ1) is 26.3. The Morgan fingerprint density at radius 3 is 2.05 bits per heavy atom. The number of hydrogen-bond donors (Lipinski definition) is 2. The maximum Gasteiger partial charge on any atom is 0.336 e. The van der Waals surface area contributed by atoms with Gasteiger partial charge in [0, 0.05) is 29.1 Å². The summed E-state index contributed by atoms with van der Waals surface area (Å²) in [6, 6.07) is 22.4. The van der Waals surface area contributed by atoms with Gasteiger partial charge in [0.25, 0.3) is 5.91 Å². The Labute approximate surface area is 238 Å². The molecule has 0 radical (unpaired) electrons. The van der Waals surface area contributed by atoms with Crippen molar-refractivity contribution in [3.63, 3.8) is 0 Å². The molecule has 0 aliphatic rings. The summed E-state index contributed by atoms with van der Waals surface area (Å²) in [5.41, 5.74) is 3.96. The van der Waals surface area contributed by atoms with E-state index in [-0.39, 0.29) is 17.0 Å². The van der Waals surface area contributed by atoms with Crippen molar-refractivity contribution in [2.24, 2.45) is 0 Å². The number of aromatic hydroxyl groups is 1. The molecule has 4 aromatic carbocycles. The molecule has 0 saturated carbocycles. The van der Waals surface area contributed by atoms with Crippen molar-refractivity contribution in [3.05, 3.63) is 102 Å². The Hall–Kier alpha value is -5.88. The highest BCUT2D eigenvalue weighted by atomic mass is 16.7. The van der Waals surface area contributed by atoms with Crippen LogP contribution in [0.25, 0.3) is 44.7 Å². The number of carboxylic acids is 1. The van der Waals surface area contributed by atoms with Crippen LogP contribution in [0.2, 0.25) is 0 Å². The summed E-state index contributed by atoms with van der Waals surface area (Å²) < 4.78 is 2.99. The van der Waals surface area contributed by atoms with Crippen LogP contribution >= 0.6 is 0 Å². The minimum Gasteiger partial charge on any atom is -0.506 e. The van der Waals surface area contributed by atoms with Gasteiger partial charge in [-0.2, -0.15) is 0 Å². The molecule has 0 bridgehead atoms. The van der Waals surface area contributed by atoms with Crippen molar-refractivity contribution < 1.29 is 24.6 Å². The summed E-state index contributed by atoms with van der Waals surface area (Å²) in [4.78, 5) is 29.3. The lowest BCUT2D eigenvalue weighted by atomic mass is 10.0. The molecule has 42 heavy (non-hydrogen) atoms. The minimum absolute atomic E-state index is 0.0829. The molecular weight excluding hydrogens is 538 g/mol. The highest BCUT2D eigenvalue weighted by molar-refractivity contribution is 6.06. The Balaban J connectivity index is 1.37. The molecule has 6 rings (SSSR count). The van der Waals surface area contributed by atoms with E-state index in [1.165, 1.54) is 37.0 Å². The highest BCUT2D eigenvalue weighted by Gasteiger charge is 2.19. The summed E-state index contributed by atoms with van der Waals surface area (Å²) in [6.45, 7) is 0. The van der Waals surface area contributed by atoms with Gasteiger partial charge in [-0.3, -0.25) is 9.63 Å². The Morgan fingerprint density at radius 2 is 1.40 bits per heavy atom. The summed E-state index contributed by atoms with van der Waals surface area (Å²) in [5, 5.41) is 39.8. The molecule has 0 aliphatic carbocycles. The average Bonchev–Trinajstić information content (AvgIpc) is 3.71. The zero-order valence-electron chi connectivity index (χ0n) is 22.4. The molecule has 0 atom stereocenters. The number of fused-ring (bicyclic) bond motifs is 1. The predicted octanol–water partition coefficient (Wildman–Crippen LogP) is 4.37. The largest absolute Gasteiger partial charge is 0.506 e. The van der Waals surface area contributed by atoms with Crippen molar-refractivity contribution in [1.82, 2.24) is 35.1 Å². The first-order valence-electron chi connectivity index (χ1n) is 12.7. The van der Waals surface area contributed by atoms with Gasteiger partial charge >= 0.3 is 5.97 Å². The SMILES string of the molecule is CON(C)C(=O)c1ccc(O)c(-n2cc(-c3ccccc3-c3cn(-c4cccc5c(C(=O)O)cccc45)nn3)nn2)c1. The Kier molecular flexibility index (Phi) is 6.65. The second-order valence-corrected chi connectivity index (χ2v) is 9.31. The number of carbonyl (C=O) groups is 2. The quantitative estimate of drug-likeness (QED) is 0.271. The Bertz CT molecular complexity index is 1980. The lowest BCUT2D eigenvalue weighted by Gasteiger charge is -2.14. The first-order valence-corrected chi connectivity index (χ1v) is 12.7. The fourth-order valence-electron chi connectivity index (χ4n) is 4.72. The van der Waals surface area contributed by atoms with Crippen LogP contribution in [0, 0.1) is 0 Å². The van der Waals surface area contributed by atoms with Gasteiger partial charge in [-0.1, -0.05) is 59.0 Å². The van der Waals surface area contributed by atoms with Gasteiger partial charge in [0.2, 0.25) is 0 Å². The lowest BCUT2D eigenvalue weighted by molar-refractivity contribution is -0.0757. The van der Waals surface area contributed by atoms with Crippen molar-refractivity contribution >= 4 is 22.6 Å². The zero-order chi connectivity index (χ0) is 29.4. The van der Waals surface area contributed by atoms with Crippen molar-refractivity contribution in [1.29, 1.82) is 0 Å². The van der Waals surface area contributed by atoms with Crippen molar-refractivity contribution in [2.45, 2.75) is 0 Å². The number of benzene rings is 4. The maximum absolute atomic E-state index is 12.6. The molecule has 1 amide bonds. The molecule has 2 aromatic heterocycles. The van der Waals surface area contributed by atoms with Crippen LogP contribution in [0.15, 0.2) is 91.3 Å². The normalized spacial score (nSPS) is 11.1. The van der Waals surface area contributed by atoms with E-state index in [4.69, 9.17) is 4.84 Å². The predicted molar refractivity (Wildman–Crippen MR) is 152 cm³/mol. The topological polar surface area (TPSA) is 148 Å². The third kappa shape index (κ3) is 4.61. The van der Waals surface area contributed by atoms with E-state index in [2.05, 4.69) is 20.6 Å². The molecular formula is C30H23N7O5. The third-order valence-corrected chi connectivity index (χ3v) is 6.87. The van der Waals surface area contributed by atoms with Crippen LogP contribution in [0.4, 0.5) is 0 Å². The van der Waals surface area contributed by atoms with E-state index in [9.17, 15) is 19.8 Å². The third-order valence-electron chi connectivity index (χ3n) is 6.87. The molecule has 0 aliphatic heterocycles. The molecule has 2 heterocycles. The number of hydroxylamine groups is 2. The van der Waals surface area contributed by atoms with E-state index in [0.717, 1.165) is 16.0 Å². The number of phenolic OH excluding ortho intramolecular Hbond substituents is 1. The number of carboxylic acid groups (broad SMARTS) is 1. The van der Waals surface area contributed by atoms with Crippen LogP contribution in [-0.2, 0) is 4.84 Å².